The predicted molar refractivity (Wildman–Crippen MR) is 52.1 cm³/mol. The van der Waals surface area contributed by atoms with E-state index in [1.54, 1.807) is 0 Å². The lowest BCUT2D eigenvalue weighted by atomic mass is 10.2. The average molecular weight is 188 g/mol. The van der Waals surface area contributed by atoms with E-state index in [0.717, 1.165) is 19.3 Å². The fraction of sp³-hybridized carbons (Fsp3) is 0.889. The molecule has 0 aromatic heterocycles. The van der Waals surface area contributed by atoms with Crippen molar-refractivity contribution in [2.24, 2.45) is 11.5 Å². The molecule has 0 aliphatic carbocycles. The van der Waals surface area contributed by atoms with Gasteiger partial charge >= 0.3 is 5.97 Å². The van der Waals surface area contributed by atoms with E-state index in [2.05, 4.69) is 0 Å². The number of nitrogens with two attached hydrogens (primary N) is 2. The third kappa shape index (κ3) is 6.54. The Balaban J connectivity index is 3.45. The van der Waals surface area contributed by atoms with Gasteiger partial charge < -0.3 is 16.2 Å². The van der Waals surface area contributed by atoms with E-state index in [1.165, 1.54) is 0 Å². The minimum atomic E-state index is -0.500. The van der Waals surface area contributed by atoms with Gasteiger partial charge in [-0.25, -0.2) is 0 Å². The van der Waals surface area contributed by atoms with Crippen LogP contribution in [0, 0.1) is 0 Å². The molecule has 78 valence electrons. The molecule has 13 heavy (non-hydrogen) atoms. The molecular weight excluding hydrogens is 168 g/mol. The van der Waals surface area contributed by atoms with Gasteiger partial charge in [0.1, 0.15) is 6.04 Å². The molecule has 0 saturated heterocycles. The van der Waals surface area contributed by atoms with E-state index >= 15 is 0 Å². The Bertz CT molecular complexity index is 140. The summed E-state index contributed by atoms with van der Waals surface area (Å²) in [5, 5.41) is 0. The summed E-state index contributed by atoms with van der Waals surface area (Å²) < 4.78 is 4.94. The quantitative estimate of drug-likeness (QED) is 0.447. The molecule has 4 N–H and O–H groups in total. The maximum atomic E-state index is 11.1. The molecule has 0 aliphatic heterocycles. The molecule has 0 fully saturated rings. The maximum absolute atomic E-state index is 11.1. The van der Waals surface area contributed by atoms with Crippen LogP contribution in [0.2, 0.25) is 0 Å². The first-order valence-electron chi connectivity index (χ1n) is 4.84. The largest absolute Gasteiger partial charge is 0.465 e. The molecule has 4 heteroatoms. The molecule has 0 heterocycles. The van der Waals surface area contributed by atoms with Crippen molar-refractivity contribution in [2.45, 2.75) is 38.6 Å². The van der Waals surface area contributed by atoms with Gasteiger partial charge in [0.25, 0.3) is 0 Å². The number of carbonyl (C=O) groups excluding carboxylic acids is 1. The molecule has 4 nitrogen and oxygen atoms in total. The van der Waals surface area contributed by atoms with Gasteiger partial charge in [-0.1, -0.05) is 13.3 Å². The number of ether oxygens (including phenoxy) is 1. The van der Waals surface area contributed by atoms with Crippen molar-refractivity contribution in [3.63, 3.8) is 0 Å². The minimum Gasteiger partial charge on any atom is -0.465 e. The van der Waals surface area contributed by atoms with Gasteiger partial charge in [-0.2, -0.15) is 0 Å². The second-order valence-electron chi connectivity index (χ2n) is 3.06. The van der Waals surface area contributed by atoms with Crippen molar-refractivity contribution in [3.8, 4) is 0 Å². The molecule has 1 atom stereocenters. The highest BCUT2D eigenvalue weighted by Crippen LogP contribution is 1.97. The van der Waals surface area contributed by atoms with E-state index in [4.69, 9.17) is 16.2 Å². The zero-order valence-electron chi connectivity index (χ0n) is 8.29. The molecular formula is C9H20N2O2. The van der Waals surface area contributed by atoms with Crippen LogP contribution in [-0.2, 0) is 9.53 Å². The summed E-state index contributed by atoms with van der Waals surface area (Å²) in [5.41, 5.74) is 10.8. The summed E-state index contributed by atoms with van der Waals surface area (Å²) in [6.45, 7) is 3.09. The predicted octanol–water partition coefficient (Wildman–Crippen LogP) is 0.396. The first-order valence-corrected chi connectivity index (χ1v) is 4.84. The Hall–Kier alpha value is -0.610. The second-order valence-corrected chi connectivity index (χ2v) is 3.06. The molecule has 0 rings (SSSR count). The third-order valence-corrected chi connectivity index (χ3v) is 1.76. The molecule has 0 aromatic carbocycles. The normalized spacial score (nSPS) is 12.5. The lowest BCUT2D eigenvalue weighted by molar-refractivity contribution is -0.145. The van der Waals surface area contributed by atoms with E-state index < -0.39 is 6.04 Å². The van der Waals surface area contributed by atoms with Gasteiger partial charge in [0.2, 0.25) is 0 Å². The third-order valence-electron chi connectivity index (χ3n) is 1.76. The smallest absolute Gasteiger partial charge is 0.322 e. The summed E-state index contributed by atoms with van der Waals surface area (Å²) in [7, 11) is 0. The summed E-state index contributed by atoms with van der Waals surface area (Å²) in [4.78, 5) is 11.1. The summed E-state index contributed by atoms with van der Waals surface area (Å²) in [5.74, 6) is -0.304. The highest BCUT2D eigenvalue weighted by Gasteiger charge is 2.13. The number of hydrogen-bond acceptors (Lipinski definition) is 4. The molecule has 0 amide bonds. The van der Waals surface area contributed by atoms with Crippen LogP contribution >= 0.6 is 0 Å². The fourth-order valence-corrected chi connectivity index (χ4v) is 0.880. The minimum absolute atomic E-state index is 0.304. The summed E-state index contributed by atoms with van der Waals surface area (Å²) in [6, 6.07) is -0.500. The van der Waals surface area contributed by atoms with Crippen LogP contribution in [-0.4, -0.2) is 25.2 Å². The Morgan fingerprint density at radius 3 is 2.69 bits per heavy atom. The number of hydrogen-bond donors (Lipinski definition) is 2. The average Bonchev–Trinajstić information content (AvgIpc) is 2.14. The lowest BCUT2D eigenvalue weighted by Gasteiger charge is -2.10. The van der Waals surface area contributed by atoms with Crippen LogP contribution in [0.4, 0.5) is 0 Å². The first kappa shape index (κ1) is 12.4. The highest BCUT2D eigenvalue weighted by molar-refractivity contribution is 5.75. The number of unbranched alkanes of at least 4 members (excludes halogenated alkanes) is 1. The number of carbonyl (C=O) groups is 1. The van der Waals surface area contributed by atoms with Gasteiger partial charge in [0.05, 0.1) is 6.61 Å². The van der Waals surface area contributed by atoms with Crippen molar-refractivity contribution in [3.05, 3.63) is 0 Å². The standard InChI is InChI=1S/C9H20N2O2/c1-2-3-7-13-9(12)8(11)5-4-6-10/h8H,2-7,10-11H2,1H3/t8-/m1/s1. The Morgan fingerprint density at radius 1 is 1.46 bits per heavy atom. The summed E-state index contributed by atoms with van der Waals surface area (Å²) in [6.07, 6.45) is 3.30. The molecule has 0 saturated carbocycles. The van der Waals surface area contributed by atoms with Crippen LogP contribution in [0.1, 0.15) is 32.6 Å². The van der Waals surface area contributed by atoms with Gasteiger partial charge in [-0.15, -0.1) is 0 Å². The summed E-state index contributed by atoms with van der Waals surface area (Å²) >= 11 is 0. The van der Waals surface area contributed by atoms with E-state index in [9.17, 15) is 4.79 Å². The molecule has 0 spiro atoms. The van der Waals surface area contributed by atoms with E-state index in [1.807, 2.05) is 6.92 Å². The van der Waals surface area contributed by atoms with Crippen LogP contribution in [0.15, 0.2) is 0 Å². The molecule has 0 aliphatic rings. The Labute approximate surface area is 79.6 Å². The van der Waals surface area contributed by atoms with E-state index in [0.29, 0.717) is 19.6 Å². The molecule has 0 bridgehead atoms. The SMILES string of the molecule is CCCCOC(=O)[C@H](N)CCCN. The van der Waals surface area contributed by atoms with Crippen LogP contribution in [0.25, 0.3) is 0 Å². The van der Waals surface area contributed by atoms with Crippen molar-refractivity contribution >= 4 is 5.97 Å². The first-order chi connectivity index (χ1) is 6.22. The molecule has 0 unspecified atom stereocenters. The monoisotopic (exact) mass is 188 g/mol. The zero-order valence-corrected chi connectivity index (χ0v) is 8.29. The topological polar surface area (TPSA) is 78.3 Å². The Kier molecular flexibility index (Phi) is 7.63. The van der Waals surface area contributed by atoms with Crippen LogP contribution < -0.4 is 11.5 Å². The van der Waals surface area contributed by atoms with Gasteiger partial charge in [-0.3, -0.25) is 4.79 Å². The van der Waals surface area contributed by atoms with Crippen LogP contribution in [0.3, 0.4) is 0 Å². The van der Waals surface area contributed by atoms with Crippen LogP contribution in [0.5, 0.6) is 0 Å². The van der Waals surface area contributed by atoms with Gasteiger partial charge in [0, 0.05) is 0 Å². The van der Waals surface area contributed by atoms with Crippen molar-refractivity contribution in [2.75, 3.05) is 13.2 Å². The van der Waals surface area contributed by atoms with E-state index in [-0.39, 0.29) is 5.97 Å². The maximum Gasteiger partial charge on any atom is 0.322 e. The molecule has 0 radical (unpaired) electrons. The van der Waals surface area contributed by atoms with Crippen molar-refractivity contribution in [1.29, 1.82) is 0 Å². The Morgan fingerprint density at radius 2 is 2.15 bits per heavy atom. The number of rotatable bonds is 7. The second kappa shape index (κ2) is 8.01. The molecule has 0 aromatic rings. The van der Waals surface area contributed by atoms with Gasteiger partial charge in [-0.05, 0) is 25.8 Å². The highest BCUT2D eigenvalue weighted by atomic mass is 16.5. The zero-order chi connectivity index (χ0) is 10.1. The van der Waals surface area contributed by atoms with Crippen molar-refractivity contribution in [1.82, 2.24) is 0 Å². The number of esters is 1. The van der Waals surface area contributed by atoms with Gasteiger partial charge in [0.15, 0.2) is 0 Å². The fourth-order valence-electron chi connectivity index (χ4n) is 0.880. The lowest BCUT2D eigenvalue weighted by Crippen LogP contribution is -2.33. The van der Waals surface area contributed by atoms with Crippen molar-refractivity contribution < 1.29 is 9.53 Å².